The molecule has 3 aromatic carbocycles. The number of carbonyl (C=O) groups excluding carboxylic acids is 2. The van der Waals surface area contributed by atoms with Crippen molar-refractivity contribution in [3.05, 3.63) is 99.5 Å². The maximum Gasteiger partial charge on any atom is 0.272 e. The molecule has 0 spiro atoms. The van der Waals surface area contributed by atoms with Gasteiger partial charge < -0.3 is 29.5 Å². The number of piperidine rings is 2. The van der Waals surface area contributed by atoms with Gasteiger partial charge in [-0.1, -0.05) is 47.5 Å². The number of methoxy groups -OCH3 is 1. The van der Waals surface area contributed by atoms with Crippen molar-refractivity contribution in [1.82, 2.24) is 15.3 Å². The van der Waals surface area contributed by atoms with E-state index in [2.05, 4.69) is 5.48 Å². The van der Waals surface area contributed by atoms with E-state index in [0.29, 0.717) is 32.8 Å². The molecule has 51 heavy (non-hydrogen) atoms. The second-order valence-corrected chi connectivity index (χ2v) is 14.9. The van der Waals surface area contributed by atoms with E-state index < -0.39 is 28.6 Å². The zero-order valence-electron chi connectivity index (χ0n) is 28.6. The van der Waals surface area contributed by atoms with Crippen LogP contribution in [0.2, 0.25) is 10.0 Å². The molecule has 0 unspecified atom stereocenters. The predicted molar refractivity (Wildman–Crippen MR) is 193 cm³/mol. The van der Waals surface area contributed by atoms with Crippen molar-refractivity contribution >= 4 is 40.7 Å². The highest BCUT2D eigenvalue weighted by Gasteiger charge is 2.56. The number of aliphatic hydroxyl groups is 2. The summed E-state index contributed by atoms with van der Waals surface area (Å²) in [7, 11) is 1.59. The third-order valence-electron chi connectivity index (χ3n) is 10.9. The van der Waals surface area contributed by atoms with Gasteiger partial charge in [0.15, 0.2) is 11.5 Å². The summed E-state index contributed by atoms with van der Waals surface area (Å²) in [6, 6.07) is 19.6. The molecule has 7 rings (SSSR count). The Bertz CT molecular complexity index is 1690. The number of likely N-dealkylation sites (tertiary alicyclic amines) is 2. The fourth-order valence-corrected chi connectivity index (χ4v) is 7.94. The normalized spacial score (nSPS) is 21.2. The summed E-state index contributed by atoms with van der Waals surface area (Å²) in [6.45, 7) is 0.824. The highest BCUT2D eigenvalue weighted by Crippen LogP contribution is 2.40. The number of amides is 2. The first-order chi connectivity index (χ1) is 24.5. The minimum Gasteiger partial charge on any atom is -0.493 e. The second-order valence-electron chi connectivity index (χ2n) is 14.0. The first-order valence-electron chi connectivity index (χ1n) is 17.6. The van der Waals surface area contributed by atoms with Crippen molar-refractivity contribution in [2.75, 3.05) is 33.3 Å². The summed E-state index contributed by atoms with van der Waals surface area (Å²) in [5.41, 5.74) is 1.15. The molecule has 4 aliphatic rings. The summed E-state index contributed by atoms with van der Waals surface area (Å²) < 4.78 is 11.9. The molecule has 0 atom stereocenters. The number of rotatable bonds is 8. The van der Waals surface area contributed by atoms with Gasteiger partial charge in [-0.3, -0.25) is 15.1 Å². The van der Waals surface area contributed by atoms with Crippen LogP contribution in [0.15, 0.2) is 72.8 Å². The number of halogens is 2. The number of nitrogens with zero attached hydrogens (tertiary/aromatic N) is 2. The smallest absolute Gasteiger partial charge is 0.272 e. The molecule has 10 nitrogen and oxygen atoms in total. The molecule has 1 aliphatic carbocycles. The molecule has 1 saturated carbocycles. The van der Waals surface area contributed by atoms with Gasteiger partial charge in [0.25, 0.3) is 17.4 Å². The zero-order chi connectivity index (χ0) is 35.8. The van der Waals surface area contributed by atoms with Gasteiger partial charge in [0.05, 0.1) is 30.1 Å². The van der Waals surface area contributed by atoms with Gasteiger partial charge in [0.1, 0.15) is 0 Å². The summed E-state index contributed by atoms with van der Waals surface area (Å²) in [5, 5.41) is 24.2. The van der Waals surface area contributed by atoms with E-state index in [1.807, 2.05) is 12.1 Å². The Morgan fingerprint density at radius 2 is 1.25 bits per heavy atom. The first kappa shape index (κ1) is 35.6. The van der Waals surface area contributed by atoms with Crippen LogP contribution in [0, 0.1) is 0 Å². The molecular weight excluding hydrogens is 693 g/mol. The monoisotopic (exact) mass is 735 g/mol. The van der Waals surface area contributed by atoms with E-state index in [9.17, 15) is 19.8 Å². The average Bonchev–Trinajstić information content (AvgIpc) is 3.84. The summed E-state index contributed by atoms with van der Waals surface area (Å²) in [5.74, 6) is 0.117. The van der Waals surface area contributed by atoms with E-state index in [-0.39, 0.29) is 58.0 Å². The Morgan fingerprint density at radius 1 is 0.765 bits per heavy atom. The molecule has 3 fully saturated rings. The SMILES string of the molecule is COc1ccc(C2=CC(C(=O)N3CCC(O)(c4ccc(Cl)cc4)CC3)(C(=O)N3CCC(O)(c4ccc(Cl)cc4)CC3)ON2)cc1OC1CCCC1. The highest BCUT2D eigenvalue weighted by molar-refractivity contribution is 6.30. The zero-order valence-corrected chi connectivity index (χ0v) is 30.1. The average molecular weight is 737 g/mol. The van der Waals surface area contributed by atoms with Crippen molar-refractivity contribution in [3.63, 3.8) is 0 Å². The fourth-order valence-electron chi connectivity index (χ4n) is 7.69. The molecule has 0 bridgehead atoms. The Morgan fingerprint density at radius 3 is 1.73 bits per heavy atom. The standard InChI is InChI=1S/C39H43Cl2N3O7/c1-49-33-15-6-26(24-34(33)50-31-4-2-3-5-31)32-25-39(51-42-32,35(45)43-20-16-37(47,17-21-43)27-7-11-29(40)12-8-27)36(46)44-22-18-38(48,19-23-44)28-9-13-30(41)14-10-28/h6-15,24-25,31,42,47-48H,2-5,16-23H2,1H3. The maximum absolute atomic E-state index is 14.6. The maximum atomic E-state index is 14.6. The van der Waals surface area contributed by atoms with Gasteiger partial charge >= 0.3 is 0 Å². The van der Waals surface area contributed by atoms with Crippen molar-refractivity contribution in [3.8, 4) is 11.5 Å². The molecule has 3 heterocycles. The largest absolute Gasteiger partial charge is 0.493 e. The number of hydrogen-bond donors (Lipinski definition) is 3. The summed E-state index contributed by atoms with van der Waals surface area (Å²) in [4.78, 5) is 38.5. The fraction of sp³-hybridized carbons (Fsp3) is 0.436. The van der Waals surface area contributed by atoms with E-state index in [0.717, 1.165) is 36.8 Å². The van der Waals surface area contributed by atoms with E-state index in [1.165, 1.54) is 0 Å². The van der Waals surface area contributed by atoms with Gasteiger partial charge in [0, 0.05) is 41.8 Å². The quantitative estimate of drug-likeness (QED) is 0.243. The molecular formula is C39H43Cl2N3O7. The summed E-state index contributed by atoms with van der Waals surface area (Å²) >= 11 is 12.2. The third kappa shape index (κ3) is 7.04. The molecule has 0 radical (unpaired) electrons. The molecule has 2 saturated heterocycles. The van der Waals surface area contributed by atoms with Crippen LogP contribution < -0.4 is 15.0 Å². The molecule has 3 aliphatic heterocycles. The lowest BCUT2D eigenvalue weighted by molar-refractivity contribution is -0.175. The lowest BCUT2D eigenvalue weighted by Crippen LogP contribution is -2.62. The Kier molecular flexibility index (Phi) is 9.99. The Hall–Kier alpha value is -3.80. The number of hydroxylamine groups is 1. The molecule has 270 valence electrons. The topological polar surface area (TPSA) is 121 Å². The van der Waals surface area contributed by atoms with Gasteiger partial charge in [-0.25, -0.2) is 4.84 Å². The minimum absolute atomic E-state index is 0.0920. The van der Waals surface area contributed by atoms with Crippen LogP contribution in [0.4, 0.5) is 0 Å². The van der Waals surface area contributed by atoms with Crippen LogP contribution in [0.1, 0.15) is 68.1 Å². The van der Waals surface area contributed by atoms with Crippen LogP contribution in [-0.2, 0) is 25.6 Å². The van der Waals surface area contributed by atoms with Gasteiger partial charge in [-0.05, 0) is 111 Å². The van der Waals surface area contributed by atoms with E-state index in [1.54, 1.807) is 77.6 Å². The van der Waals surface area contributed by atoms with E-state index >= 15 is 0 Å². The van der Waals surface area contributed by atoms with Crippen molar-refractivity contribution in [1.29, 1.82) is 0 Å². The predicted octanol–water partition coefficient (Wildman–Crippen LogP) is 5.96. The van der Waals surface area contributed by atoms with Gasteiger partial charge in [-0.15, -0.1) is 0 Å². The Balaban J connectivity index is 1.16. The summed E-state index contributed by atoms with van der Waals surface area (Å²) in [6.07, 6.45) is 6.89. The second kappa shape index (κ2) is 14.3. The lowest BCUT2D eigenvalue weighted by atomic mass is 9.83. The van der Waals surface area contributed by atoms with Crippen LogP contribution >= 0.6 is 23.2 Å². The number of hydrogen-bond acceptors (Lipinski definition) is 8. The Labute approximate surface area is 307 Å². The van der Waals surface area contributed by atoms with Crippen LogP contribution in [0.5, 0.6) is 11.5 Å². The minimum atomic E-state index is -2.02. The lowest BCUT2D eigenvalue weighted by Gasteiger charge is -2.43. The van der Waals surface area contributed by atoms with E-state index in [4.69, 9.17) is 37.5 Å². The molecule has 3 aromatic rings. The van der Waals surface area contributed by atoms with Gasteiger partial charge in [0.2, 0.25) is 0 Å². The molecule has 2 amide bonds. The van der Waals surface area contributed by atoms with Crippen LogP contribution in [0.25, 0.3) is 5.70 Å². The van der Waals surface area contributed by atoms with Crippen molar-refractivity contribution in [2.24, 2.45) is 0 Å². The first-order valence-corrected chi connectivity index (χ1v) is 18.4. The molecule has 3 N–H and O–H groups in total. The van der Waals surface area contributed by atoms with Gasteiger partial charge in [-0.2, -0.15) is 0 Å². The molecule has 12 heteroatoms. The van der Waals surface area contributed by atoms with Crippen LogP contribution in [0.3, 0.4) is 0 Å². The number of nitrogens with one attached hydrogen (secondary N) is 1. The van der Waals surface area contributed by atoms with Crippen molar-refractivity contribution < 1.29 is 34.1 Å². The number of benzene rings is 3. The molecule has 0 aromatic heterocycles. The number of ether oxygens (including phenoxy) is 2. The van der Waals surface area contributed by atoms with Crippen LogP contribution in [-0.4, -0.2) is 76.8 Å². The third-order valence-corrected chi connectivity index (χ3v) is 11.4. The number of carbonyl (C=O) groups is 2. The highest BCUT2D eigenvalue weighted by atomic mass is 35.5. The van der Waals surface area contributed by atoms with Crippen molar-refractivity contribution in [2.45, 2.75) is 74.3 Å².